The Morgan fingerprint density at radius 2 is 1.69 bits per heavy atom. The molecular formula is C26H24BrNO4. The average Bonchev–Trinajstić information content (AvgIpc) is 2.80. The van der Waals surface area contributed by atoms with Crippen molar-refractivity contribution in [3.8, 4) is 11.5 Å². The molecule has 3 aromatic carbocycles. The zero-order valence-corrected chi connectivity index (χ0v) is 19.3. The predicted octanol–water partition coefficient (Wildman–Crippen LogP) is 6.44. The van der Waals surface area contributed by atoms with E-state index < -0.39 is 11.9 Å². The number of unbranched alkanes of at least 4 members (excludes halogenated alkanes) is 1. The van der Waals surface area contributed by atoms with Gasteiger partial charge in [-0.15, -0.1) is 0 Å². The third kappa shape index (κ3) is 6.56. The molecule has 0 aliphatic rings. The number of halogens is 1. The molecule has 5 nitrogen and oxygen atoms in total. The summed E-state index contributed by atoms with van der Waals surface area (Å²) in [4.78, 5) is 24.2. The standard InChI is InChI=1S/C26H24BrNO4/c1-2-3-6-18-9-13-20(14-10-18)25(29)28-23(26(30)31)17-19-11-15-21(16-12-19)32-24-8-5-4-7-22(24)27/h4-5,7-17H,2-3,6H2,1H3,(H,28,29)(H,30,31)/b23-17+. The molecule has 164 valence electrons. The number of carbonyl (C=O) groups excluding carboxylic acids is 1. The van der Waals surface area contributed by atoms with Crippen LogP contribution in [0.2, 0.25) is 0 Å². The first-order chi connectivity index (χ1) is 15.5. The van der Waals surface area contributed by atoms with E-state index in [9.17, 15) is 14.7 Å². The highest BCUT2D eigenvalue weighted by atomic mass is 79.9. The summed E-state index contributed by atoms with van der Waals surface area (Å²) in [5, 5.41) is 12.0. The van der Waals surface area contributed by atoms with Gasteiger partial charge in [0.05, 0.1) is 4.47 Å². The zero-order chi connectivity index (χ0) is 22.9. The SMILES string of the molecule is CCCCc1ccc(C(=O)N/C(=C/c2ccc(Oc3ccccc3Br)cc2)C(=O)O)cc1. The van der Waals surface area contributed by atoms with Crippen LogP contribution in [0.15, 0.2) is 83.0 Å². The van der Waals surface area contributed by atoms with Crippen molar-refractivity contribution in [1.82, 2.24) is 5.32 Å². The van der Waals surface area contributed by atoms with Gasteiger partial charge >= 0.3 is 5.97 Å². The molecule has 0 aliphatic carbocycles. The van der Waals surface area contributed by atoms with E-state index in [-0.39, 0.29) is 5.70 Å². The largest absolute Gasteiger partial charge is 0.477 e. The second-order valence-corrected chi connectivity index (χ2v) is 8.07. The lowest BCUT2D eigenvalue weighted by Crippen LogP contribution is -2.27. The summed E-state index contributed by atoms with van der Waals surface area (Å²) in [5.41, 5.74) is 1.98. The van der Waals surface area contributed by atoms with Crippen LogP contribution in [-0.4, -0.2) is 17.0 Å². The molecule has 3 aromatic rings. The topological polar surface area (TPSA) is 75.6 Å². The number of carboxylic acid groups (broad SMARTS) is 1. The minimum atomic E-state index is -1.22. The molecule has 0 spiro atoms. The third-order valence-electron chi connectivity index (χ3n) is 4.77. The van der Waals surface area contributed by atoms with Crippen LogP contribution in [0.4, 0.5) is 0 Å². The quantitative estimate of drug-likeness (QED) is 0.336. The van der Waals surface area contributed by atoms with Crippen LogP contribution in [0, 0.1) is 0 Å². The monoisotopic (exact) mass is 493 g/mol. The summed E-state index contributed by atoms with van der Waals surface area (Å²) in [6.45, 7) is 2.13. The fourth-order valence-corrected chi connectivity index (χ4v) is 3.37. The van der Waals surface area contributed by atoms with Crippen LogP contribution >= 0.6 is 15.9 Å². The molecule has 0 saturated carbocycles. The Bertz CT molecular complexity index is 1110. The maximum absolute atomic E-state index is 12.5. The number of carbonyl (C=O) groups is 2. The van der Waals surface area contributed by atoms with E-state index in [2.05, 4.69) is 28.2 Å². The van der Waals surface area contributed by atoms with E-state index in [1.54, 1.807) is 36.4 Å². The Hall–Kier alpha value is -3.38. The van der Waals surface area contributed by atoms with Crippen molar-refractivity contribution in [2.24, 2.45) is 0 Å². The highest BCUT2D eigenvalue weighted by Gasteiger charge is 2.13. The van der Waals surface area contributed by atoms with Gasteiger partial charge in [0.1, 0.15) is 17.2 Å². The summed E-state index contributed by atoms with van der Waals surface area (Å²) in [7, 11) is 0. The van der Waals surface area contributed by atoms with Gasteiger partial charge in [-0.3, -0.25) is 4.79 Å². The molecule has 0 heterocycles. The Kier molecular flexibility index (Phi) is 8.22. The summed E-state index contributed by atoms with van der Waals surface area (Å²) in [6, 6.07) is 21.7. The molecule has 0 unspecified atom stereocenters. The van der Waals surface area contributed by atoms with Gasteiger partial charge in [-0.05, 0) is 82.4 Å². The molecule has 0 aliphatic heterocycles. The fraction of sp³-hybridized carbons (Fsp3) is 0.154. The fourth-order valence-electron chi connectivity index (χ4n) is 3.00. The highest BCUT2D eigenvalue weighted by Crippen LogP contribution is 2.29. The van der Waals surface area contributed by atoms with Gasteiger partial charge in [0, 0.05) is 5.56 Å². The van der Waals surface area contributed by atoms with E-state index in [0.29, 0.717) is 22.6 Å². The van der Waals surface area contributed by atoms with Crippen molar-refractivity contribution in [3.05, 3.63) is 99.7 Å². The molecular weight excluding hydrogens is 470 g/mol. The van der Waals surface area contributed by atoms with Gasteiger partial charge < -0.3 is 15.2 Å². The molecule has 0 fully saturated rings. The van der Waals surface area contributed by atoms with Crippen molar-refractivity contribution in [3.63, 3.8) is 0 Å². The molecule has 0 aromatic heterocycles. The van der Waals surface area contributed by atoms with Crippen LogP contribution in [0.3, 0.4) is 0 Å². The van der Waals surface area contributed by atoms with Crippen molar-refractivity contribution in [2.45, 2.75) is 26.2 Å². The normalized spacial score (nSPS) is 11.1. The molecule has 0 atom stereocenters. The van der Waals surface area contributed by atoms with Crippen LogP contribution in [-0.2, 0) is 11.2 Å². The van der Waals surface area contributed by atoms with Crippen molar-refractivity contribution < 1.29 is 19.4 Å². The summed E-state index contributed by atoms with van der Waals surface area (Å²) in [6.07, 6.45) is 4.56. The number of hydrogen-bond acceptors (Lipinski definition) is 3. The zero-order valence-electron chi connectivity index (χ0n) is 17.7. The molecule has 32 heavy (non-hydrogen) atoms. The molecule has 1 amide bonds. The summed E-state index contributed by atoms with van der Waals surface area (Å²) < 4.78 is 6.65. The molecule has 3 rings (SSSR count). The van der Waals surface area contributed by atoms with Gasteiger partial charge in [-0.25, -0.2) is 4.79 Å². The minimum absolute atomic E-state index is 0.204. The molecule has 0 saturated heterocycles. The lowest BCUT2D eigenvalue weighted by atomic mass is 10.1. The maximum Gasteiger partial charge on any atom is 0.352 e. The Morgan fingerprint density at radius 1 is 1.00 bits per heavy atom. The number of rotatable bonds is 9. The Labute approximate surface area is 195 Å². The Balaban J connectivity index is 1.69. The lowest BCUT2D eigenvalue weighted by Gasteiger charge is -2.09. The van der Waals surface area contributed by atoms with Gasteiger partial charge in [0.15, 0.2) is 0 Å². The summed E-state index contributed by atoms with van der Waals surface area (Å²) >= 11 is 3.43. The van der Waals surface area contributed by atoms with E-state index in [4.69, 9.17) is 4.74 Å². The number of aryl methyl sites for hydroxylation is 1. The van der Waals surface area contributed by atoms with Gasteiger partial charge in [-0.2, -0.15) is 0 Å². The molecule has 0 bridgehead atoms. The number of benzene rings is 3. The van der Waals surface area contributed by atoms with Crippen molar-refractivity contribution >= 4 is 33.9 Å². The summed E-state index contributed by atoms with van der Waals surface area (Å²) in [5.74, 6) is -0.394. The van der Waals surface area contributed by atoms with E-state index in [1.165, 1.54) is 6.08 Å². The smallest absolute Gasteiger partial charge is 0.352 e. The number of amides is 1. The first-order valence-electron chi connectivity index (χ1n) is 10.3. The molecule has 0 radical (unpaired) electrons. The predicted molar refractivity (Wildman–Crippen MR) is 129 cm³/mol. The maximum atomic E-state index is 12.5. The first-order valence-corrected chi connectivity index (χ1v) is 11.1. The van der Waals surface area contributed by atoms with Crippen LogP contribution in [0.5, 0.6) is 11.5 Å². The number of carboxylic acids is 1. The average molecular weight is 494 g/mol. The number of para-hydroxylation sites is 1. The molecule has 6 heteroatoms. The van der Waals surface area contributed by atoms with E-state index in [0.717, 1.165) is 29.3 Å². The second kappa shape index (κ2) is 11.3. The van der Waals surface area contributed by atoms with Crippen LogP contribution < -0.4 is 10.1 Å². The highest BCUT2D eigenvalue weighted by molar-refractivity contribution is 9.10. The lowest BCUT2D eigenvalue weighted by molar-refractivity contribution is -0.132. The van der Waals surface area contributed by atoms with Crippen LogP contribution in [0.25, 0.3) is 6.08 Å². The van der Waals surface area contributed by atoms with Gasteiger partial charge in [0.25, 0.3) is 5.91 Å². The van der Waals surface area contributed by atoms with Crippen LogP contribution in [0.1, 0.15) is 41.3 Å². The molecule has 2 N–H and O–H groups in total. The minimum Gasteiger partial charge on any atom is -0.477 e. The third-order valence-corrected chi connectivity index (χ3v) is 5.42. The van der Waals surface area contributed by atoms with Gasteiger partial charge in [0.2, 0.25) is 0 Å². The van der Waals surface area contributed by atoms with Gasteiger partial charge in [-0.1, -0.05) is 49.7 Å². The number of hydrogen-bond donors (Lipinski definition) is 2. The number of aliphatic carboxylic acids is 1. The van der Waals surface area contributed by atoms with E-state index in [1.807, 2.05) is 36.4 Å². The Morgan fingerprint density at radius 3 is 2.31 bits per heavy atom. The number of ether oxygens (including phenoxy) is 1. The number of nitrogens with one attached hydrogen (secondary N) is 1. The van der Waals surface area contributed by atoms with Crippen molar-refractivity contribution in [2.75, 3.05) is 0 Å². The van der Waals surface area contributed by atoms with Crippen molar-refractivity contribution in [1.29, 1.82) is 0 Å². The van der Waals surface area contributed by atoms with E-state index >= 15 is 0 Å². The first kappa shape index (κ1) is 23.3. The second-order valence-electron chi connectivity index (χ2n) is 7.22.